The summed E-state index contributed by atoms with van der Waals surface area (Å²) in [6.45, 7) is 1.45. The topological polar surface area (TPSA) is 65.0 Å². The highest BCUT2D eigenvalue weighted by molar-refractivity contribution is 5.72. The standard InChI is InChI=1S/C11H14O5/c1-7(11(12)13)16-9-6-4-5-8(14-2)10(9)15-3/h4-7H,1-3H3,(H,12,13). The van der Waals surface area contributed by atoms with Gasteiger partial charge in [-0.25, -0.2) is 4.79 Å². The van der Waals surface area contributed by atoms with E-state index in [4.69, 9.17) is 19.3 Å². The van der Waals surface area contributed by atoms with E-state index in [1.165, 1.54) is 21.1 Å². The second kappa shape index (κ2) is 5.25. The normalized spacial score (nSPS) is 11.7. The number of rotatable bonds is 5. The highest BCUT2D eigenvalue weighted by atomic mass is 16.5. The maximum absolute atomic E-state index is 10.7. The minimum Gasteiger partial charge on any atom is -0.493 e. The van der Waals surface area contributed by atoms with E-state index in [2.05, 4.69) is 0 Å². The van der Waals surface area contributed by atoms with Crippen molar-refractivity contribution in [1.82, 2.24) is 0 Å². The molecular formula is C11H14O5. The predicted molar refractivity (Wildman–Crippen MR) is 57.3 cm³/mol. The number of hydrogen-bond acceptors (Lipinski definition) is 4. The Morgan fingerprint density at radius 1 is 1.25 bits per heavy atom. The van der Waals surface area contributed by atoms with Crippen LogP contribution in [0.1, 0.15) is 6.92 Å². The van der Waals surface area contributed by atoms with Crippen LogP contribution in [-0.4, -0.2) is 31.4 Å². The summed E-state index contributed by atoms with van der Waals surface area (Å²) in [6, 6.07) is 5.03. The minimum absolute atomic E-state index is 0.344. The van der Waals surface area contributed by atoms with Crippen LogP contribution in [0.25, 0.3) is 0 Å². The van der Waals surface area contributed by atoms with Crippen molar-refractivity contribution in [2.75, 3.05) is 14.2 Å². The number of aliphatic carboxylic acids is 1. The lowest BCUT2D eigenvalue weighted by molar-refractivity contribution is -0.144. The molecule has 1 N–H and O–H groups in total. The summed E-state index contributed by atoms with van der Waals surface area (Å²) < 4.78 is 15.4. The molecule has 0 radical (unpaired) electrons. The molecule has 0 aliphatic rings. The summed E-state index contributed by atoms with van der Waals surface area (Å²) in [6.07, 6.45) is -0.944. The Morgan fingerprint density at radius 2 is 1.88 bits per heavy atom. The van der Waals surface area contributed by atoms with Crippen LogP contribution < -0.4 is 14.2 Å². The molecule has 0 aliphatic carbocycles. The molecule has 0 heterocycles. The van der Waals surface area contributed by atoms with Gasteiger partial charge in [0.1, 0.15) is 0 Å². The van der Waals surface area contributed by atoms with Crippen molar-refractivity contribution in [3.8, 4) is 17.2 Å². The zero-order valence-corrected chi connectivity index (χ0v) is 9.39. The van der Waals surface area contributed by atoms with Crippen LogP contribution in [0.2, 0.25) is 0 Å². The first-order valence-corrected chi connectivity index (χ1v) is 4.70. The fourth-order valence-corrected chi connectivity index (χ4v) is 1.19. The average molecular weight is 226 g/mol. The maximum atomic E-state index is 10.7. The predicted octanol–water partition coefficient (Wildman–Crippen LogP) is 1.56. The number of hydrogen-bond donors (Lipinski definition) is 1. The van der Waals surface area contributed by atoms with E-state index in [9.17, 15) is 4.79 Å². The molecule has 1 aromatic carbocycles. The first kappa shape index (κ1) is 12.2. The van der Waals surface area contributed by atoms with Crippen molar-refractivity contribution >= 4 is 5.97 Å². The fraction of sp³-hybridized carbons (Fsp3) is 0.364. The van der Waals surface area contributed by atoms with Crippen LogP contribution in [0.5, 0.6) is 17.2 Å². The molecular weight excluding hydrogens is 212 g/mol. The quantitative estimate of drug-likeness (QED) is 0.825. The van der Waals surface area contributed by atoms with E-state index >= 15 is 0 Å². The maximum Gasteiger partial charge on any atom is 0.344 e. The monoisotopic (exact) mass is 226 g/mol. The van der Waals surface area contributed by atoms with Gasteiger partial charge in [-0.05, 0) is 19.1 Å². The van der Waals surface area contributed by atoms with Gasteiger partial charge in [-0.2, -0.15) is 0 Å². The van der Waals surface area contributed by atoms with Gasteiger partial charge in [0.2, 0.25) is 5.75 Å². The van der Waals surface area contributed by atoms with Crippen molar-refractivity contribution in [3.05, 3.63) is 18.2 Å². The van der Waals surface area contributed by atoms with E-state index in [-0.39, 0.29) is 0 Å². The Kier molecular flexibility index (Phi) is 3.99. The molecule has 1 unspecified atom stereocenters. The average Bonchev–Trinajstić information content (AvgIpc) is 2.28. The third kappa shape index (κ3) is 2.56. The molecule has 5 nitrogen and oxygen atoms in total. The Hall–Kier alpha value is -1.91. The second-order valence-corrected chi connectivity index (χ2v) is 3.09. The van der Waals surface area contributed by atoms with Gasteiger partial charge in [-0.15, -0.1) is 0 Å². The lowest BCUT2D eigenvalue weighted by Gasteiger charge is -2.15. The lowest BCUT2D eigenvalue weighted by Crippen LogP contribution is -2.23. The van der Waals surface area contributed by atoms with Crippen LogP contribution >= 0.6 is 0 Å². The van der Waals surface area contributed by atoms with Gasteiger partial charge in [0.15, 0.2) is 17.6 Å². The molecule has 1 aromatic rings. The van der Waals surface area contributed by atoms with Crippen molar-refractivity contribution in [3.63, 3.8) is 0 Å². The summed E-state index contributed by atoms with van der Waals surface area (Å²) in [5, 5.41) is 8.74. The van der Waals surface area contributed by atoms with Gasteiger partial charge in [0.05, 0.1) is 14.2 Å². The number of ether oxygens (including phenoxy) is 3. The van der Waals surface area contributed by atoms with Crippen LogP contribution in [0, 0.1) is 0 Å². The first-order chi connectivity index (χ1) is 7.60. The number of benzene rings is 1. The molecule has 0 amide bonds. The number of methoxy groups -OCH3 is 2. The first-order valence-electron chi connectivity index (χ1n) is 4.70. The molecule has 16 heavy (non-hydrogen) atoms. The van der Waals surface area contributed by atoms with Gasteiger partial charge in [-0.1, -0.05) is 6.07 Å². The summed E-state index contributed by atoms with van der Waals surface area (Å²) in [4.78, 5) is 10.7. The molecule has 0 aliphatic heterocycles. The number of para-hydroxylation sites is 1. The van der Waals surface area contributed by atoms with E-state index in [0.717, 1.165) is 0 Å². The summed E-state index contributed by atoms with van der Waals surface area (Å²) in [7, 11) is 2.97. The number of carboxylic acids is 1. The van der Waals surface area contributed by atoms with E-state index in [1.54, 1.807) is 18.2 Å². The Bertz CT molecular complexity index is 375. The van der Waals surface area contributed by atoms with Crippen LogP contribution in [0.15, 0.2) is 18.2 Å². The molecule has 0 saturated carbocycles. The van der Waals surface area contributed by atoms with Gasteiger partial charge in [0, 0.05) is 0 Å². The minimum atomic E-state index is -1.04. The molecule has 88 valence electrons. The third-order valence-corrected chi connectivity index (χ3v) is 2.02. The second-order valence-electron chi connectivity index (χ2n) is 3.09. The molecule has 0 spiro atoms. The third-order valence-electron chi connectivity index (χ3n) is 2.02. The SMILES string of the molecule is COc1cccc(OC(C)C(=O)O)c1OC. The number of carboxylic acid groups (broad SMARTS) is 1. The lowest BCUT2D eigenvalue weighted by atomic mass is 10.3. The largest absolute Gasteiger partial charge is 0.493 e. The smallest absolute Gasteiger partial charge is 0.344 e. The molecule has 0 aromatic heterocycles. The van der Waals surface area contributed by atoms with E-state index < -0.39 is 12.1 Å². The van der Waals surface area contributed by atoms with Crippen LogP contribution in [-0.2, 0) is 4.79 Å². The van der Waals surface area contributed by atoms with Crippen LogP contribution in [0.3, 0.4) is 0 Å². The zero-order valence-electron chi connectivity index (χ0n) is 9.39. The van der Waals surface area contributed by atoms with Gasteiger partial charge < -0.3 is 19.3 Å². The Balaban J connectivity index is 2.99. The molecule has 5 heteroatoms. The highest BCUT2D eigenvalue weighted by Gasteiger charge is 2.17. The Labute approximate surface area is 93.6 Å². The molecule has 1 rings (SSSR count). The zero-order chi connectivity index (χ0) is 12.1. The highest BCUT2D eigenvalue weighted by Crippen LogP contribution is 2.36. The molecule has 0 bridgehead atoms. The van der Waals surface area contributed by atoms with Crippen molar-refractivity contribution in [2.45, 2.75) is 13.0 Å². The Morgan fingerprint density at radius 3 is 2.38 bits per heavy atom. The molecule has 0 saturated heterocycles. The molecule has 1 atom stereocenters. The van der Waals surface area contributed by atoms with E-state index in [1.807, 2.05) is 0 Å². The number of carbonyl (C=O) groups is 1. The van der Waals surface area contributed by atoms with Gasteiger partial charge in [0.25, 0.3) is 0 Å². The van der Waals surface area contributed by atoms with E-state index in [0.29, 0.717) is 17.2 Å². The van der Waals surface area contributed by atoms with Gasteiger partial charge >= 0.3 is 5.97 Å². The fourth-order valence-electron chi connectivity index (χ4n) is 1.19. The summed E-state index contributed by atoms with van der Waals surface area (Å²) in [5.41, 5.74) is 0. The summed E-state index contributed by atoms with van der Waals surface area (Å²) in [5.74, 6) is 0.192. The van der Waals surface area contributed by atoms with Crippen molar-refractivity contribution in [2.24, 2.45) is 0 Å². The van der Waals surface area contributed by atoms with Crippen molar-refractivity contribution in [1.29, 1.82) is 0 Å². The van der Waals surface area contributed by atoms with Crippen LogP contribution in [0.4, 0.5) is 0 Å². The van der Waals surface area contributed by atoms with Crippen molar-refractivity contribution < 1.29 is 24.1 Å². The molecule has 0 fully saturated rings. The summed E-state index contributed by atoms with van der Waals surface area (Å²) >= 11 is 0. The van der Waals surface area contributed by atoms with Gasteiger partial charge in [-0.3, -0.25) is 0 Å².